The van der Waals surface area contributed by atoms with Gasteiger partial charge in [0.2, 0.25) is 0 Å². The summed E-state index contributed by atoms with van der Waals surface area (Å²) in [5.74, 6) is 2.49. The molecule has 2 rings (SSSR count). The maximum absolute atomic E-state index is 3.47. The zero-order valence-electron chi connectivity index (χ0n) is 6.59. The molecule has 1 aliphatic rings. The Kier molecular flexibility index (Phi) is 2.61. The highest BCUT2D eigenvalue weighted by Gasteiger charge is 2.17. The third-order valence-electron chi connectivity index (χ3n) is 1.83. The second kappa shape index (κ2) is 3.71. The number of hydrogen-bond acceptors (Lipinski definition) is 2. The molecule has 3 heteroatoms. The molecule has 0 radical (unpaired) electrons. The van der Waals surface area contributed by atoms with Crippen molar-refractivity contribution in [3.63, 3.8) is 0 Å². The molecule has 0 aliphatic carbocycles. The van der Waals surface area contributed by atoms with Crippen LogP contribution >= 0.6 is 27.7 Å². The molecule has 0 atom stereocenters. The maximum atomic E-state index is 3.47. The summed E-state index contributed by atoms with van der Waals surface area (Å²) in [6.07, 6.45) is 0. The van der Waals surface area contributed by atoms with E-state index in [-0.39, 0.29) is 0 Å². The summed E-state index contributed by atoms with van der Waals surface area (Å²) in [5, 5.41) is 3.47. The maximum Gasteiger partial charge on any atom is 0.0442 e. The van der Waals surface area contributed by atoms with E-state index in [2.05, 4.69) is 39.4 Å². The fourth-order valence-electron chi connectivity index (χ4n) is 1.13. The molecule has 1 aromatic rings. The summed E-state index contributed by atoms with van der Waals surface area (Å²) < 4.78 is 1.14. The van der Waals surface area contributed by atoms with Crippen LogP contribution in [-0.4, -0.2) is 17.5 Å². The van der Waals surface area contributed by atoms with E-state index in [0.717, 1.165) is 4.47 Å². The molecular formula is C9H10BrNS. The van der Waals surface area contributed by atoms with Gasteiger partial charge in [0.25, 0.3) is 0 Å². The Morgan fingerprint density at radius 3 is 2.83 bits per heavy atom. The third-order valence-corrected chi connectivity index (χ3v) is 3.60. The number of thioether (sulfide) groups is 1. The number of rotatable bonds is 2. The number of hydrogen-bond donors (Lipinski definition) is 1. The summed E-state index contributed by atoms with van der Waals surface area (Å²) in [7, 11) is 0. The molecule has 1 fully saturated rings. The minimum Gasteiger partial charge on any atom is -0.381 e. The standard InChI is InChI=1S/C9H10BrNS/c10-7-2-1-3-8(4-7)11-9-5-12-6-9/h1-4,9,11H,5-6H2. The Balaban J connectivity index is 2.02. The van der Waals surface area contributed by atoms with Crippen LogP contribution in [-0.2, 0) is 0 Å². The van der Waals surface area contributed by atoms with Crippen LogP contribution in [0.3, 0.4) is 0 Å². The van der Waals surface area contributed by atoms with E-state index in [1.807, 2.05) is 17.8 Å². The molecule has 0 amide bonds. The normalized spacial score (nSPS) is 17.1. The van der Waals surface area contributed by atoms with Crippen molar-refractivity contribution in [1.29, 1.82) is 0 Å². The molecule has 1 aromatic carbocycles. The van der Waals surface area contributed by atoms with E-state index in [4.69, 9.17) is 0 Å². The van der Waals surface area contributed by atoms with Gasteiger partial charge in [-0.25, -0.2) is 0 Å². The quantitative estimate of drug-likeness (QED) is 0.858. The summed E-state index contributed by atoms with van der Waals surface area (Å²) >= 11 is 5.44. The summed E-state index contributed by atoms with van der Waals surface area (Å²) in [6.45, 7) is 0. The second-order valence-electron chi connectivity index (χ2n) is 2.89. The lowest BCUT2D eigenvalue weighted by Crippen LogP contribution is -2.33. The van der Waals surface area contributed by atoms with Crippen LogP contribution in [0.2, 0.25) is 0 Å². The third kappa shape index (κ3) is 1.96. The molecule has 12 heavy (non-hydrogen) atoms. The van der Waals surface area contributed by atoms with Crippen molar-refractivity contribution in [2.45, 2.75) is 6.04 Å². The van der Waals surface area contributed by atoms with Crippen LogP contribution in [0.25, 0.3) is 0 Å². The molecule has 1 heterocycles. The first-order chi connectivity index (χ1) is 5.84. The zero-order valence-corrected chi connectivity index (χ0v) is 8.99. The highest BCUT2D eigenvalue weighted by atomic mass is 79.9. The molecule has 1 N–H and O–H groups in total. The predicted molar refractivity (Wildman–Crippen MR) is 58.9 cm³/mol. The van der Waals surface area contributed by atoms with Crippen LogP contribution in [0.15, 0.2) is 28.7 Å². The lowest BCUT2D eigenvalue weighted by atomic mass is 10.3. The van der Waals surface area contributed by atoms with Crippen LogP contribution < -0.4 is 5.32 Å². The van der Waals surface area contributed by atoms with Crippen LogP contribution in [0.4, 0.5) is 5.69 Å². The van der Waals surface area contributed by atoms with Gasteiger partial charge in [-0.3, -0.25) is 0 Å². The molecule has 1 saturated heterocycles. The smallest absolute Gasteiger partial charge is 0.0442 e. The van der Waals surface area contributed by atoms with Crippen molar-refractivity contribution in [2.75, 3.05) is 16.8 Å². The summed E-state index contributed by atoms with van der Waals surface area (Å²) in [4.78, 5) is 0. The first-order valence-electron chi connectivity index (χ1n) is 3.94. The molecule has 0 bridgehead atoms. The predicted octanol–water partition coefficient (Wildman–Crippen LogP) is 2.98. The SMILES string of the molecule is Brc1cccc(NC2CSC2)c1. The first-order valence-corrected chi connectivity index (χ1v) is 5.89. The van der Waals surface area contributed by atoms with Gasteiger partial charge in [-0.2, -0.15) is 11.8 Å². The molecule has 1 nitrogen and oxygen atoms in total. The van der Waals surface area contributed by atoms with Crippen molar-refractivity contribution in [2.24, 2.45) is 0 Å². The van der Waals surface area contributed by atoms with Gasteiger partial charge in [0.1, 0.15) is 0 Å². The van der Waals surface area contributed by atoms with Gasteiger partial charge < -0.3 is 5.32 Å². The highest BCUT2D eigenvalue weighted by Crippen LogP contribution is 2.23. The second-order valence-corrected chi connectivity index (χ2v) is 4.88. The molecule has 0 aromatic heterocycles. The largest absolute Gasteiger partial charge is 0.381 e. The van der Waals surface area contributed by atoms with Crippen molar-refractivity contribution in [1.82, 2.24) is 0 Å². The van der Waals surface area contributed by atoms with Gasteiger partial charge in [0.05, 0.1) is 0 Å². The lowest BCUT2D eigenvalue weighted by Gasteiger charge is -2.26. The Morgan fingerprint density at radius 1 is 1.42 bits per heavy atom. The van der Waals surface area contributed by atoms with E-state index >= 15 is 0 Å². The molecule has 64 valence electrons. The van der Waals surface area contributed by atoms with E-state index in [1.165, 1.54) is 17.2 Å². The lowest BCUT2D eigenvalue weighted by molar-refractivity contribution is 0.882. The molecular weight excluding hydrogens is 234 g/mol. The van der Waals surface area contributed by atoms with Crippen LogP contribution in [0.5, 0.6) is 0 Å². The van der Waals surface area contributed by atoms with Gasteiger partial charge in [0, 0.05) is 27.7 Å². The van der Waals surface area contributed by atoms with Crippen molar-refractivity contribution < 1.29 is 0 Å². The molecule has 0 saturated carbocycles. The van der Waals surface area contributed by atoms with E-state index in [0.29, 0.717) is 6.04 Å². The van der Waals surface area contributed by atoms with Gasteiger partial charge >= 0.3 is 0 Å². The number of anilines is 1. The summed E-state index contributed by atoms with van der Waals surface area (Å²) in [6, 6.07) is 9.00. The van der Waals surface area contributed by atoms with E-state index < -0.39 is 0 Å². The van der Waals surface area contributed by atoms with Crippen molar-refractivity contribution in [3.8, 4) is 0 Å². The minimum absolute atomic E-state index is 0.685. The zero-order chi connectivity index (χ0) is 8.39. The number of benzene rings is 1. The Morgan fingerprint density at radius 2 is 2.25 bits per heavy atom. The topological polar surface area (TPSA) is 12.0 Å². The highest BCUT2D eigenvalue weighted by molar-refractivity contribution is 9.10. The Hall–Kier alpha value is -0.150. The fourth-order valence-corrected chi connectivity index (χ4v) is 2.17. The van der Waals surface area contributed by atoms with Gasteiger partial charge in [0.15, 0.2) is 0 Å². The van der Waals surface area contributed by atoms with Gasteiger partial charge in [-0.1, -0.05) is 22.0 Å². The minimum atomic E-state index is 0.685. The van der Waals surface area contributed by atoms with Crippen molar-refractivity contribution >= 4 is 33.4 Å². The molecule has 1 aliphatic heterocycles. The van der Waals surface area contributed by atoms with Crippen molar-refractivity contribution in [3.05, 3.63) is 28.7 Å². The van der Waals surface area contributed by atoms with Crippen LogP contribution in [0, 0.1) is 0 Å². The first kappa shape index (κ1) is 8.45. The number of halogens is 1. The fraction of sp³-hybridized carbons (Fsp3) is 0.333. The Labute approximate surface area is 85.1 Å². The Bertz CT molecular complexity index is 273. The molecule has 0 spiro atoms. The summed E-state index contributed by atoms with van der Waals surface area (Å²) in [5.41, 5.74) is 1.22. The van der Waals surface area contributed by atoms with Gasteiger partial charge in [-0.15, -0.1) is 0 Å². The van der Waals surface area contributed by atoms with Crippen LogP contribution in [0.1, 0.15) is 0 Å². The number of nitrogens with one attached hydrogen (secondary N) is 1. The average Bonchev–Trinajstić information content (AvgIpc) is 1.97. The monoisotopic (exact) mass is 243 g/mol. The molecule has 0 unspecified atom stereocenters. The van der Waals surface area contributed by atoms with Gasteiger partial charge in [-0.05, 0) is 18.2 Å². The average molecular weight is 244 g/mol. The van der Waals surface area contributed by atoms with E-state index in [1.54, 1.807) is 0 Å². The van der Waals surface area contributed by atoms with E-state index in [9.17, 15) is 0 Å².